The maximum atomic E-state index is 13.6. The van der Waals surface area contributed by atoms with Crippen molar-refractivity contribution in [1.29, 1.82) is 0 Å². The Morgan fingerprint density at radius 2 is 2.00 bits per heavy atom. The SMILES string of the molecule is CC(C)c1c(C(=O)OCC(=O)Nc2ccc(F)cc2F)cnn1-c1ccccn1. The molecule has 0 bridgehead atoms. The van der Waals surface area contributed by atoms with Crippen molar-refractivity contribution >= 4 is 17.6 Å². The number of halogens is 2. The molecule has 3 rings (SSSR count). The Bertz CT molecular complexity index is 1040. The molecular weight excluding hydrogens is 382 g/mol. The highest BCUT2D eigenvalue weighted by atomic mass is 19.1. The molecule has 0 aliphatic carbocycles. The lowest BCUT2D eigenvalue weighted by Gasteiger charge is -2.12. The second kappa shape index (κ2) is 8.59. The van der Waals surface area contributed by atoms with Gasteiger partial charge in [-0.15, -0.1) is 0 Å². The molecule has 0 radical (unpaired) electrons. The number of esters is 1. The molecule has 0 fully saturated rings. The van der Waals surface area contributed by atoms with Gasteiger partial charge in [-0.1, -0.05) is 19.9 Å². The van der Waals surface area contributed by atoms with Crippen LogP contribution in [0.4, 0.5) is 14.5 Å². The number of hydrogen-bond donors (Lipinski definition) is 1. The van der Waals surface area contributed by atoms with E-state index in [0.29, 0.717) is 17.6 Å². The van der Waals surface area contributed by atoms with Crippen molar-refractivity contribution in [2.45, 2.75) is 19.8 Å². The minimum absolute atomic E-state index is 0.0795. The lowest BCUT2D eigenvalue weighted by atomic mass is 10.1. The summed E-state index contributed by atoms with van der Waals surface area (Å²) >= 11 is 0. The summed E-state index contributed by atoms with van der Waals surface area (Å²) in [4.78, 5) is 28.7. The van der Waals surface area contributed by atoms with Crippen LogP contribution >= 0.6 is 0 Å². The van der Waals surface area contributed by atoms with E-state index in [0.717, 1.165) is 12.1 Å². The Morgan fingerprint density at radius 3 is 2.66 bits per heavy atom. The molecule has 0 spiro atoms. The molecule has 0 aliphatic heterocycles. The van der Waals surface area contributed by atoms with Crippen LogP contribution in [0, 0.1) is 11.6 Å². The van der Waals surface area contributed by atoms with Crippen LogP contribution in [0.3, 0.4) is 0 Å². The molecule has 0 unspecified atom stereocenters. The van der Waals surface area contributed by atoms with Crippen molar-refractivity contribution in [3.63, 3.8) is 0 Å². The maximum absolute atomic E-state index is 13.6. The largest absolute Gasteiger partial charge is 0.452 e. The zero-order valence-electron chi connectivity index (χ0n) is 15.7. The monoisotopic (exact) mass is 400 g/mol. The number of benzene rings is 1. The molecule has 0 aliphatic rings. The van der Waals surface area contributed by atoms with Crippen molar-refractivity contribution in [1.82, 2.24) is 14.8 Å². The summed E-state index contributed by atoms with van der Waals surface area (Å²) in [5.41, 5.74) is 0.573. The van der Waals surface area contributed by atoms with Gasteiger partial charge < -0.3 is 10.1 Å². The number of ether oxygens (including phenoxy) is 1. The number of carbonyl (C=O) groups excluding carboxylic acids is 2. The fourth-order valence-corrected chi connectivity index (χ4v) is 2.72. The number of anilines is 1. The third-order valence-corrected chi connectivity index (χ3v) is 3.98. The van der Waals surface area contributed by atoms with Gasteiger partial charge in [0, 0.05) is 12.3 Å². The van der Waals surface area contributed by atoms with Crippen LogP contribution in [0.1, 0.15) is 35.8 Å². The van der Waals surface area contributed by atoms with Crippen LogP contribution in [0.2, 0.25) is 0 Å². The van der Waals surface area contributed by atoms with Crippen molar-refractivity contribution in [2.24, 2.45) is 0 Å². The Kier molecular flexibility index (Phi) is 5.96. The lowest BCUT2D eigenvalue weighted by molar-refractivity contribution is -0.119. The smallest absolute Gasteiger partial charge is 0.342 e. The van der Waals surface area contributed by atoms with Crippen LogP contribution in [-0.4, -0.2) is 33.2 Å². The summed E-state index contributed by atoms with van der Waals surface area (Å²) in [5.74, 6) is -2.73. The Morgan fingerprint density at radius 1 is 1.21 bits per heavy atom. The number of carbonyl (C=O) groups is 2. The second-order valence-electron chi connectivity index (χ2n) is 6.45. The number of pyridine rings is 1. The van der Waals surface area contributed by atoms with Crippen LogP contribution in [0.5, 0.6) is 0 Å². The van der Waals surface area contributed by atoms with E-state index in [2.05, 4.69) is 15.4 Å². The van der Waals surface area contributed by atoms with E-state index >= 15 is 0 Å². The van der Waals surface area contributed by atoms with Crippen LogP contribution in [0.25, 0.3) is 5.82 Å². The molecule has 0 saturated carbocycles. The zero-order chi connectivity index (χ0) is 21.0. The van der Waals surface area contributed by atoms with Gasteiger partial charge >= 0.3 is 5.97 Å². The number of amides is 1. The summed E-state index contributed by atoms with van der Waals surface area (Å²) < 4.78 is 33.1. The molecule has 7 nitrogen and oxygen atoms in total. The molecule has 0 atom stereocenters. The third kappa shape index (κ3) is 4.63. The highest BCUT2D eigenvalue weighted by Crippen LogP contribution is 2.23. The molecule has 150 valence electrons. The minimum atomic E-state index is -0.927. The highest BCUT2D eigenvalue weighted by molar-refractivity contribution is 5.96. The summed E-state index contributed by atoms with van der Waals surface area (Å²) in [6, 6.07) is 8.04. The summed E-state index contributed by atoms with van der Waals surface area (Å²) in [6.45, 7) is 3.14. The van der Waals surface area contributed by atoms with Crippen LogP contribution in [0.15, 0.2) is 48.8 Å². The number of nitrogens with one attached hydrogen (secondary N) is 1. The third-order valence-electron chi connectivity index (χ3n) is 3.98. The molecule has 1 N–H and O–H groups in total. The molecule has 29 heavy (non-hydrogen) atoms. The molecule has 9 heteroatoms. The molecule has 0 saturated heterocycles. The van der Waals surface area contributed by atoms with E-state index in [-0.39, 0.29) is 17.2 Å². The molecule has 2 aromatic heterocycles. The molecule has 2 heterocycles. The first-order valence-corrected chi connectivity index (χ1v) is 8.78. The first kappa shape index (κ1) is 20.1. The quantitative estimate of drug-likeness (QED) is 0.641. The standard InChI is InChI=1S/C20H18F2N4O3/c1-12(2)19-14(10-24-26(19)17-5-3-4-8-23-17)20(28)29-11-18(27)25-16-7-6-13(21)9-15(16)22/h3-10,12H,11H2,1-2H3,(H,25,27). The van der Waals surface area contributed by atoms with Gasteiger partial charge in [-0.25, -0.2) is 23.2 Å². The van der Waals surface area contributed by atoms with Crippen LogP contribution < -0.4 is 5.32 Å². The predicted molar refractivity (Wildman–Crippen MR) is 101 cm³/mol. The van der Waals surface area contributed by atoms with Gasteiger partial charge in [0.25, 0.3) is 5.91 Å². The normalized spacial score (nSPS) is 10.8. The summed E-state index contributed by atoms with van der Waals surface area (Å²) in [5, 5.41) is 6.44. The van der Waals surface area contributed by atoms with E-state index in [4.69, 9.17) is 4.74 Å². The molecular formula is C20H18F2N4O3. The summed E-state index contributed by atoms with van der Waals surface area (Å²) in [6.07, 6.45) is 2.96. The van der Waals surface area contributed by atoms with Crippen molar-refractivity contribution < 1.29 is 23.1 Å². The average Bonchev–Trinajstić information content (AvgIpc) is 3.14. The lowest BCUT2D eigenvalue weighted by Crippen LogP contribution is -2.22. The topological polar surface area (TPSA) is 86.1 Å². The van der Waals surface area contributed by atoms with Crippen molar-refractivity contribution in [3.8, 4) is 5.82 Å². The first-order chi connectivity index (χ1) is 13.9. The second-order valence-corrected chi connectivity index (χ2v) is 6.45. The van der Waals surface area contributed by atoms with E-state index < -0.39 is 30.1 Å². The highest BCUT2D eigenvalue weighted by Gasteiger charge is 2.23. The fraction of sp³-hybridized carbons (Fsp3) is 0.200. The maximum Gasteiger partial charge on any atom is 0.342 e. The molecule has 3 aromatic rings. The van der Waals surface area contributed by atoms with Gasteiger partial charge in [0.05, 0.1) is 17.6 Å². The molecule has 1 amide bonds. The minimum Gasteiger partial charge on any atom is -0.452 e. The van der Waals surface area contributed by atoms with Crippen molar-refractivity contribution in [2.75, 3.05) is 11.9 Å². The van der Waals surface area contributed by atoms with Gasteiger partial charge in [-0.2, -0.15) is 5.10 Å². The van der Waals surface area contributed by atoms with E-state index in [1.807, 2.05) is 13.8 Å². The number of nitrogens with zero attached hydrogens (tertiary/aromatic N) is 3. The van der Waals surface area contributed by atoms with Gasteiger partial charge in [0.2, 0.25) is 0 Å². The Balaban J connectivity index is 1.71. The van der Waals surface area contributed by atoms with Gasteiger partial charge in [-0.3, -0.25) is 4.79 Å². The molecule has 1 aromatic carbocycles. The first-order valence-electron chi connectivity index (χ1n) is 8.78. The van der Waals surface area contributed by atoms with Crippen LogP contribution in [-0.2, 0) is 9.53 Å². The van der Waals surface area contributed by atoms with Gasteiger partial charge in [0.1, 0.15) is 17.2 Å². The van der Waals surface area contributed by atoms with Crippen molar-refractivity contribution in [3.05, 3.63) is 71.7 Å². The van der Waals surface area contributed by atoms with E-state index in [1.165, 1.54) is 10.9 Å². The summed E-state index contributed by atoms with van der Waals surface area (Å²) in [7, 11) is 0. The average molecular weight is 400 g/mol. The van der Waals surface area contributed by atoms with E-state index in [9.17, 15) is 18.4 Å². The van der Waals surface area contributed by atoms with Gasteiger partial charge in [-0.05, 0) is 30.2 Å². The predicted octanol–water partition coefficient (Wildman–Crippen LogP) is 3.46. The Labute approximate surface area is 165 Å². The number of rotatable bonds is 6. The van der Waals surface area contributed by atoms with Gasteiger partial charge in [0.15, 0.2) is 12.4 Å². The number of aromatic nitrogens is 3. The zero-order valence-corrected chi connectivity index (χ0v) is 15.7. The fourth-order valence-electron chi connectivity index (χ4n) is 2.72. The Hall–Kier alpha value is -3.62. The van der Waals surface area contributed by atoms with E-state index in [1.54, 1.807) is 24.4 Å². The number of hydrogen-bond acceptors (Lipinski definition) is 5.